The second kappa shape index (κ2) is 5.47. The Morgan fingerprint density at radius 3 is 2.89 bits per heavy atom. The van der Waals surface area contributed by atoms with Crippen molar-refractivity contribution >= 4 is 11.7 Å². The van der Waals surface area contributed by atoms with Gasteiger partial charge in [-0.05, 0) is 18.6 Å². The van der Waals surface area contributed by atoms with Crippen molar-refractivity contribution in [3.63, 3.8) is 0 Å². The number of aromatic amines is 1. The van der Waals surface area contributed by atoms with Crippen LogP contribution in [0.2, 0.25) is 0 Å². The molecule has 2 aromatic heterocycles. The minimum atomic E-state index is -0.125. The van der Waals surface area contributed by atoms with Crippen molar-refractivity contribution in [2.75, 3.05) is 12.8 Å². The third kappa shape index (κ3) is 3.06. The van der Waals surface area contributed by atoms with Crippen LogP contribution >= 0.6 is 0 Å². The van der Waals surface area contributed by atoms with E-state index < -0.39 is 0 Å². The quantitative estimate of drug-likeness (QED) is 0.839. The summed E-state index contributed by atoms with van der Waals surface area (Å²) in [5.74, 6) is 0.865. The van der Waals surface area contributed by atoms with Crippen molar-refractivity contribution in [3.8, 4) is 0 Å². The van der Waals surface area contributed by atoms with Crippen LogP contribution in [0, 0.1) is 0 Å². The van der Waals surface area contributed by atoms with Crippen LogP contribution in [0.25, 0.3) is 0 Å². The minimum Gasteiger partial charge on any atom is -0.384 e. The molecule has 0 saturated heterocycles. The number of H-pyrrole nitrogens is 1. The van der Waals surface area contributed by atoms with Crippen molar-refractivity contribution in [1.29, 1.82) is 0 Å². The van der Waals surface area contributed by atoms with E-state index in [9.17, 15) is 4.79 Å². The van der Waals surface area contributed by atoms with Gasteiger partial charge in [0, 0.05) is 18.3 Å². The molecule has 1 amide bonds. The molecule has 0 aliphatic carbocycles. The maximum atomic E-state index is 12.3. The molecule has 2 heterocycles. The first-order valence-corrected chi connectivity index (χ1v) is 5.96. The highest BCUT2D eigenvalue weighted by Crippen LogP contribution is 2.11. The molecule has 0 radical (unpaired) electrons. The lowest BCUT2D eigenvalue weighted by atomic mass is 10.1. The van der Waals surface area contributed by atoms with Crippen LogP contribution in [0.3, 0.4) is 0 Å². The Morgan fingerprint density at radius 1 is 1.47 bits per heavy atom. The van der Waals surface area contributed by atoms with E-state index in [1.54, 1.807) is 24.1 Å². The van der Waals surface area contributed by atoms with Gasteiger partial charge >= 0.3 is 0 Å². The molecule has 3 N–H and O–H groups in total. The number of aromatic nitrogens is 4. The lowest BCUT2D eigenvalue weighted by Crippen LogP contribution is -2.27. The Labute approximate surface area is 110 Å². The van der Waals surface area contributed by atoms with E-state index in [2.05, 4.69) is 20.2 Å². The summed E-state index contributed by atoms with van der Waals surface area (Å²) >= 11 is 0. The average Bonchev–Trinajstić information content (AvgIpc) is 2.89. The van der Waals surface area contributed by atoms with Gasteiger partial charge in [-0.15, -0.1) is 0 Å². The molecular formula is C12H16N6O. The van der Waals surface area contributed by atoms with Gasteiger partial charge in [-0.25, -0.2) is 9.97 Å². The van der Waals surface area contributed by atoms with Crippen molar-refractivity contribution in [3.05, 3.63) is 35.5 Å². The first kappa shape index (κ1) is 13.0. The van der Waals surface area contributed by atoms with Gasteiger partial charge in [0.1, 0.15) is 18.0 Å². The molecule has 0 spiro atoms. The van der Waals surface area contributed by atoms with Gasteiger partial charge in [0.05, 0.1) is 6.54 Å². The van der Waals surface area contributed by atoms with Gasteiger partial charge in [0.15, 0.2) is 0 Å². The summed E-state index contributed by atoms with van der Waals surface area (Å²) in [6.45, 7) is 2.33. The van der Waals surface area contributed by atoms with Crippen molar-refractivity contribution < 1.29 is 4.79 Å². The summed E-state index contributed by atoms with van der Waals surface area (Å²) in [5, 5.41) is 6.46. The summed E-state index contributed by atoms with van der Waals surface area (Å²) in [7, 11) is 1.70. The molecule has 19 heavy (non-hydrogen) atoms. The molecule has 0 fully saturated rings. The highest BCUT2D eigenvalue weighted by Gasteiger charge is 2.14. The van der Waals surface area contributed by atoms with E-state index in [1.807, 2.05) is 6.92 Å². The van der Waals surface area contributed by atoms with Crippen LogP contribution < -0.4 is 5.73 Å². The van der Waals surface area contributed by atoms with Crippen molar-refractivity contribution in [1.82, 2.24) is 25.1 Å². The number of aryl methyl sites for hydroxylation is 1. The zero-order valence-corrected chi connectivity index (χ0v) is 10.9. The van der Waals surface area contributed by atoms with Gasteiger partial charge in [-0.2, -0.15) is 5.10 Å². The highest BCUT2D eigenvalue weighted by atomic mass is 16.2. The van der Waals surface area contributed by atoms with Gasteiger partial charge in [-0.1, -0.05) is 6.92 Å². The summed E-state index contributed by atoms with van der Waals surface area (Å²) in [6, 6.07) is 3.34. The Morgan fingerprint density at radius 2 is 2.26 bits per heavy atom. The number of carbonyl (C=O) groups is 1. The van der Waals surface area contributed by atoms with Crippen LogP contribution in [0.1, 0.15) is 28.8 Å². The normalized spacial score (nSPS) is 10.4. The molecule has 0 unspecified atom stereocenters. The zero-order valence-electron chi connectivity index (χ0n) is 10.9. The largest absolute Gasteiger partial charge is 0.384 e. The fraction of sp³-hybridized carbons (Fsp3) is 0.333. The van der Waals surface area contributed by atoms with Gasteiger partial charge in [-0.3, -0.25) is 9.89 Å². The molecule has 2 rings (SSSR count). The minimum absolute atomic E-state index is 0.125. The smallest absolute Gasteiger partial charge is 0.254 e. The number of hydrogen-bond donors (Lipinski definition) is 2. The Bertz CT molecular complexity index is 566. The van der Waals surface area contributed by atoms with E-state index in [0.717, 1.165) is 12.1 Å². The van der Waals surface area contributed by atoms with Crippen LogP contribution in [0.5, 0.6) is 0 Å². The lowest BCUT2D eigenvalue weighted by Gasteiger charge is -2.16. The first-order chi connectivity index (χ1) is 9.10. The zero-order chi connectivity index (χ0) is 13.8. The molecule has 7 nitrogen and oxygen atoms in total. The number of amides is 1. The topological polar surface area (TPSA) is 101 Å². The number of nitrogens with two attached hydrogens (primary N) is 1. The standard InChI is InChI=1S/C12H16N6O/c1-3-9-4-8(5-10(13)16-9)12(19)18(2)6-11-14-7-15-17-11/h4-5,7H,3,6H2,1-2H3,(H2,13,16)(H,14,15,17). The predicted octanol–water partition coefficient (Wildman–Crippen LogP) is 0.616. The molecule has 0 bridgehead atoms. The average molecular weight is 260 g/mol. The summed E-state index contributed by atoms with van der Waals surface area (Å²) < 4.78 is 0. The number of nitrogens with one attached hydrogen (secondary N) is 1. The van der Waals surface area contributed by atoms with E-state index in [-0.39, 0.29) is 5.91 Å². The third-order valence-corrected chi connectivity index (χ3v) is 2.71. The van der Waals surface area contributed by atoms with E-state index in [1.165, 1.54) is 6.33 Å². The number of rotatable bonds is 4. The highest BCUT2D eigenvalue weighted by molar-refractivity contribution is 5.94. The molecule has 0 aromatic carbocycles. The van der Waals surface area contributed by atoms with Gasteiger partial charge < -0.3 is 10.6 Å². The van der Waals surface area contributed by atoms with Crippen molar-refractivity contribution in [2.24, 2.45) is 0 Å². The van der Waals surface area contributed by atoms with E-state index in [4.69, 9.17) is 5.73 Å². The number of hydrogen-bond acceptors (Lipinski definition) is 5. The maximum Gasteiger partial charge on any atom is 0.254 e. The number of pyridine rings is 1. The molecule has 7 heteroatoms. The molecule has 0 atom stereocenters. The third-order valence-electron chi connectivity index (χ3n) is 2.71. The van der Waals surface area contributed by atoms with Crippen LogP contribution in [-0.2, 0) is 13.0 Å². The van der Waals surface area contributed by atoms with E-state index >= 15 is 0 Å². The summed E-state index contributed by atoms with van der Waals surface area (Å²) in [4.78, 5) is 22.0. The molecule has 100 valence electrons. The second-order valence-electron chi connectivity index (χ2n) is 4.22. The molecular weight excluding hydrogens is 244 g/mol. The lowest BCUT2D eigenvalue weighted by molar-refractivity contribution is 0.0781. The maximum absolute atomic E-state index is 12.3. The molecule has 2 aromatic rings. The Hall–Kier alpha value is -2.44. The van der Waals surface area contributed by atoms with Crippen LogP contribution in [0.15, 0.2) is 18.5 Å². The summed E-state index contributed by atoms with van der Waals surface area (Å²) in [5.41, 5.74) is 7.03. The number of carbonyl (C=O) groups excluding carboxylic acids is 1. The Balaban J connectivity index is 2.16. The van der Waals surface area contributed by atoms with Crippen LogP contribution in [0.4, 0.5) is 5.82 Å². The SMILES string of the molecule is CCc1cc(C(=O)N(C)Cc2ncn[nH]2)cc(N)n1. The first-order valence-electron chi connectivity index (χ1n) is 5.96. The molecule has 0 saturated carbocycles. The molecule has 0 aliphatic heterocycles. The fourth-order valence-corrected chi connectivity index (χ4v) is 1.74. The molecule has 0 aliphatic rings. The monoisotopic (exact) mass is 260 g/mol. The fourth-order valence-electron chi connectivity index (χ4n) is 1.74. The number of nitrogen functional groups attached to an aromatic ring is 1. The predicted molar refractivity (Wildman–Crippen MR) is 70.2 cm³/mol. The summed E-state index contributed by atoms with van der Waals surface area (Å²) in [6.07, 6.45) is 2.14. The van der Waals surface area contributed by atoms with E-state index in [0.29, 0.717) is 23.8 Å². The van der Waals surface area contributed by atoms with Crippen LogP contribution in [-0.4, -0.2) is 38.0 Å². The number of nitrogens with zero attached hydrogens (tertiary/aromatic N) is 4. The Kier molecular flexibility index (Phi) is 3.74. The van der Waals surface area contributed by atoms with Gasteiger partial charge in [0.25, 0.3) is 5.91 Å². The number of anilines is 1. The van der Waals surface area contributed by atoms with Crippen molar-refractivity contribution in [2.45, 2.75) is 19.9 Å². The van der Waals surface area contributed by atoms with Gasteiger partial charge in [0.2, 0.25) is 0 Å². The second-order valence-corrected chi connectivity index (χ2v) is 4.22.